The third kappa shape index (κ3) is 4.26. The van der Waals surface area contributed by atoms with Gasteiger partial charge in [0, 0.05) is 24.0 Å². The zero-order valence-electron chi connectivity index (χ0n) is 15.4. The van der Waals surface area contributed by atoms with Crippen LogP contribution in [0.25, 0.3) is 11.0 Å². The van der Waals surface area contributed by atoms with Crippen molar-refractivity contribution in [3.63, 3.8) is 0 Å². The van der Waals surface area contributed by atoms with Gasteiger partial charge in [-0.05, 0) is 61.1 Å². The molecule has 4 rings (SSSR count). The number of carbonyl (C=O) groups is 1. The van der Waals surface area contributed by atoms with E-state index in [2.05, 4.69) is 10.0 Å². The molecule has 1 aromatic heterocycles. The van der Waals surface area contributed by atoms with Gasteiger partial charge >= 0.3 is 0 Å². The van der Waals surface area contributed by atoms with Crippen molar-refractivity contribution >= 4 is 26.9 Å². The Bertz CT molecular complexity index is 1090. The highest BCUT2D eigenvalue weighted by Gasteiger charge is 2.24. The molecule has 0 radical (unpaired) electrons. The molecule has 1 heterocycles. The van der Waals surface area contributed by atoms with E-state index in [4.69, 9.17) is 4.42 Å². The van der Waals surface area contributed by atoms with Crippen LogP contribution in [0.3, 0.4) is 0 Å². The predicted octanol–water partition coefficient (Wildman–Crippen LogP) is 3.09. The fraction of sp³-hybridized carbons (Fsp3) is 0.286. The van der Waals surface area contributed by atoms with Gasteiger partial charge in [0.15, 0.2) is 0 Å². The summed E-state index contributed by atoms with van der Waals surface area (Å²) in [4.78, 5) is 12.4. The van der Waals surface area contributed by atoms with E-state index in [1.54, 1.807) is 36.6 Å². The molecule has 0 saturated heterocycles. The molecule has 1 aliphatic rings. The molecular weight excluding hydrogens is 376 g/mol. The zero-order chi connectivity index (χ0) is 19.6. The van der Waals surface area contributed by atoms with Crippen molar-refractivity contribution < 1.29 is 17.6 Å². The van der Waals surface area contributed by atoms with Crippen LogP contribution < -0.4 is 10.0 Å². The lowest BCUT2D eigenvalue weighted by atomic mass is 10.1. The molecule has 0 bridgehead atoms. The number of furan rings is 1. The van der Waals surface area contributed by atoms with E-state index in [1.807, 2.05) is 18.2 Å². The van der Waals surface area contributed by atoms with E-state index in [-0.39, 0.29) is 10.8 Å². The van der Waals surface area contributed by atoms with Crippen LogP contribution in [0.1, 0.15) is 28.8 Å². The summed E-state index contributed by atoms with van der Waals surface area (Å²) in [6, 6.07) is 13.9. The van der Waals surface area contributed by atoms with Crippen molar-refractivity contribution in [2.75, 3.05) is 13.1 Å². The normalized spacial score (nSPS) is 14.3. The first-order chi connectivity index (χ1) is 13.5. The van der Waals surface area contributed by atoms with Gasteiger partial charge in [0.1, 0.15) is 5.58 Å². The van der Waals surface area contributed by atoms with Gasteiger partial charge in [-0.15, -0.1) is 0 Å². The van der Waals surface area contributed by atoms with E-state index in [9.17, 15) is 13.2 Å². The number of amides is 1. The molecule has 28 heavy (non-hydrogen) atoms. The summed E-state index contributed by atoms with van der Waals surface area (Å²) in [6.07, 6.45) is 4.34. The van der Waals surface area contributed by atoms with Crippen molar-refractivity contribution in [3.05, 3.63) is 65.9 Å². The average Bonchev–Trinajstić information content (AvgIpc) is 3.46. The van der Waals surface area contributed by atoms with Crippen LogP contribution in [0.4, 0.5) is 0 Å². The Hall–Kier alpha value is -2.64. The van der Waals surface area contributed by atoms with Crippen molar-refractivity contribution in [3.8, 4) is 0 Å². The van der Waals surface area contributed by atoms with Crippen LogP contribution in [0.2, 0.25) is 0 Å². The van der Waals surface area contributed by atoms with Crippen LogP contribution in [0.15, 0.2) is 64.1 Å². The van der Waals surface area contributed by atoms with E-state index in [0.717, 1.165) is 23.8 Å². The first-order valence-corrected chi connectivity index (χ1v) is 10.8. The molecule has 3 aromatic rings. The maximum atomic E-state index is 12.5. The Morgan fingerprint density at radius 3 is 2.64 bits per heavy atom. The predicted molar refractivity (Wildman–Crippen MR) is 107 cm³/mol. The molecule has 1 aliphatic carbocycles. The number of hydrogen-bond donors (Lipinski definition) is 2. The van der Waals surface area contributed by atoms with Gasteiger partial charge in [-0.1, -0.05) is 18.2 Å². The second-order valence-corrected chi connectivity index (χ2v) is 8.85. The van der Waals surface area contributed by atoms with Gasteiger partial charge in [0.05, 0.1) is 11.2 Å². The van der Waals surface area contributed by atoms with Crippen LogP contribution >= 0.6 is 0 Å². The summed E-state index contributed by atoms with van der Waals surface area (Å²) in [7, 11) is -3.53. The van der Waals surface area contributed by atoms with E-state index < -0.39 is 10.0 Å². The number of rotatable bonds is 8. The number of hydrogen-bond acceptors (Lipinski definition) is 4. The molecule has 146 valence electrons. The SMILES string of the molecule is O=C(NCCc1coc2ccc(S(=O)(=O)NCC3CC3)cc12)c1ccccc1. The Morgan fingerprint density at radius 1 is 1.11 bits per heavy atom. The highest BCUT2D eigenvalue weighted by molar-refractivity contribution is 7.89. The number of fused-ring (bicyclic) bond motifs is 1. The minimum absolute atomic E-state index is 0.138. The summed E-state index contributed by atoms with van der Waals surface area (Å²) in [5.41, 5.74) is 2.10. The fourth-order valence-electron chi connectivity index (χ4n) is 3.06. The highest BCUT2D eigenvalue weighted by Crippen LogP contribution is 2.29. The largest absolute Gasteiger partial charge is 0.464 e. The van der Waals surface area contributed by atoms with Crippen LogP contribution in [-0.4, -0.2) is 27.4 Å². The van der Waals surface area contributed by atoms with Crippen molar-refractivity contribution in [1.29, 1.82) is 0 Å². The smallest absolute Gasteiger partial charge is 0.251 e. The molecule has 0 spiro atoms. The summed E-state index contributed by atoms with van der Waals surface area (Å²) >= 11 is 0. The first kappa shape index (κ1) is 18.7. The Morgan fingerprint density at radius 2 is 1.89 bits per heavy atom. The summed E-state index contributed by atoms with van der Waals surface area (Å²) < 4.78 is 33.2. The third-order valence-corrected chi connectivity index (χ3v) is 6.33. The molecule has 2 aromatic carbocycles. The maximum absolute atomic E-state index is 12.5. The average molecular weight is 398 g/mol. The first-order valence-electron chi connectivity index (χ1n) is 9.36. The number of benzene rings is 2. The lowest BCUT2D eigenvalue weighted by Crippen LogP contribution is -2.26. The molecule has 1 fully saturated rings. The highest BCUT2D eigenvalue weighted by atomic mass is 32.2. The van der Waals surface area contributed by atoms with E-state index in [0.29, 0.717) is 36.6 Å². The van der Waals surface area contributed by atoms with Gasteiger partial charge < -0.3 is 9.73 Å². The van der Waals surface area contributed by atoms with Gasteiger partial charge in [0.2, 0.25) is 10.0 Å². The molecule has 6 nitrogen and oxygen atoms in total. The molecule has 0 unspecified atom stereocenters. The fourth-order valence-corrected chi connectivity index (χ4v) is 4.20. The van der Waals surface area contributed by atoms with Gasteiger partial charge in [-0.2, -0.15) is 0 Å². The minimum Gasteiger partial charge on any atom is -0.464 e. The summed E-state index contributed by atoms with van der Waals surface area (Å²) in [6.45, 7) is 0.920. The molecule has 2 N–H and O–H groups in total. The van der Waals surface area contributed by atoms with Crippen LogP contribution in [0.5, 0.6) is 0 Å². The van der Waals surface area contributed by atoms with Crippen molar-refractivity contribution in [2.24, 2.45) is 5.92 Å². The lowest BCUT2D eigenvalue weighted by molar-refractivity contribution is 0.0954. The Labute approximate surface area is 164 Å². The number of carbonyl (C=O) groups excluding carboxylic acids is 1. The molecule has 7 heteroatoms. The van der Waals surface area contributed by atoms with E-state index >= 15 is 0 Å². The molecule has 0 atom stereocenters. The topological polar surface area (TPSA) is 88.4 Å². The van der Waals surface area contributed by atoms with Crippen molar-refractivity contribution in [1.82, 2.24) is 10.0 Å². The van der Waals surface area contributed by atoms with Gasteiger partial charge in [0.25, 0.3) is 5.91 Å². The lowest BCUT2D eigenvalue weighted by Gasteiger charge is -2.07. The van der Waals surface area contributed by atoms with Gasteiger partial charge in [-0.25, -0.2) is 13.1 Å². The van der Waals surface area contributed by atoms with Crippen molar-refractivity contribution in [2.45, 2.75) is 24.2 Å². The standard InChI is InChI=1S/C21H22N2O4S/c24-21(16-4-2-1-3-5-16)22-11-10-17-14-27-20-9-8-18(12-19(17)20)28(25,26)23-13-15-6-7-15/h1-5,8-9,12,14-15,23H,6-7,10-11,13H2,(H,22,24). The minimum atomic E-state index is -3.53. The van der Waals surface area contributed by atoms with Crippen LogP contribution in [0, 0.1) is 5.92 Å². The third-order valence-electron chi connectivity index (χ3n) is 4.91. The van der Waals surface area contributed by atoms with Gasteiger partial charge in [-0.3, -0.25) is 4.79 Å². The summed E-state index contributed by atoms with van der Waals surface area (Å²) in [5.74, 6) is 0.331. The monoisotopic (exact) mass is 398 g/mol. The quantitative estimate of drug-likeness (QED) is 0.610. The Balaban J connectivity index is 1.44. The second kappa shape index (κ2) is 7.77. The second-order valence-electron chi connectivity index (χ2n) is 7.09. The molecular formula is C21H22N2O4S. The number of nitrogens with one attached hydrogen (secondary N) is 2. The Kier molecular flexibility index (Phi) is 5.19. The summed E-state index contributed by atoms with van der Waals surface area (Å²) in [5, 5.41) is 3.63. The number of sulfonamides is 1. The maximum Gasteiger partial charge on any atom is 0.251 e. The zero-order valence-corrected chi connectivity index (χ0v) is 16.2. The molecule has 1 saturated carbocycles. The molecule has 1 amide bonds. The van der Waals surface area contributed by atoms with Crippen LogP contribution in [-0.2, 0) is 16.4 Å². The van der Waals surface area contributed by atoms with E-state index in [1.165, 1.54) is 0 Å². The molecule has 0 aliphatic heterocycles.